The maximum absolute atomic E-state index is 9.76. The number of fused-ring (bicyclic) bond motifs is 1. The number of hydrogen-bond donors (Lipinski definition) is 1. The summed E-state index contributed by atoms with van der Waals surface area (Å²) in [6.45, 7) is 2.21. The van der Waals surface area contributed by atoms with Crippen LogP contribution in [0.5, 0.6) is 0 Å². The zero-order chi connectivity index (χ0) is 17.4. The molecule has 0 saturated carbocycles. The largest absolute Gasteiger partial charge is 0.339 e. The summed E-state index contributed by atoms with van der Waals surface area (Å²) < 4.78 is 7.13. The molecule has 0 saturated heterocycles. The molecule has 0 aliphatic carbocycles. The molecule has 0 amide bonds. The van der Waals surface area contributed by atoms with Gasteiger partial charge in [-0.05, 0) is 23.8 Å². The Labute approximate surface area is 156 Å². The van der Waals surface area contributed by atoms with Crippen LogP contribution in [-0.2, 0) is 6.54 Å². The number of nitrogens with two attached hydrogens (primary N) is 1. The van der Waals surface area contributed by atoms with E-state index in [-0.39, 0.29) is 12.4 Å². The quantitative estimate of drug-likeness (QED) is 0.596. The highest BCUT2D eigenvalue weighted by Gasteiger charge is 2.23. The predicted molar refractivity (Wildman–Crippen MR) is 101 cm³/mol. The highest BCUT2D eigenvalue weighted by Crippen LogP contribution is 2.34. The minimum atomic E-state index is 0. The van der Waals surface area contributed by atoms with E-state index in [4.69, 9.17) is 10.3 Å². The number of aryl methyl sites for hydroxylation is 1. The number of nitriles is 1. The van der Waals surface area contributed by atoms with E-state index >= 15 is 0 Å². The zero-order valence-corrected chi connectivity index (χ0v) is 14.8. The van der Waals surface area contributed by atoms with Crippen LogP contribution in [0.25, 0.3) is 28.1 Å². The maximum Gasteiger partial charge on any atom is 0.223 e. The molecule has 130 valence electrons. The first-order valence-electron chi connectivity index (χ1n) is 7.86. The van der Waals surface area contributed by atoms with E-state index in [9.17, 15) is 5.26 Å². The number of para-hydroxylation sites is 1. The first-order valence-corrected chi connectivity index (χ1v) is 7.86. The number of nitrogens with zero attached hydrogens (tertiary/aromatic N) is 4. The van der Waals surface area contributed by atoms with Crippen molar-refractivity contribution in [1.82, 2.24) is 14.7 Å². The lowest BCUT2D eigenvalue weighted by Crippen LogP contribution is -2.00. The molecule has 0 unspecified atom stereocenters. The first-order chi connectivity index (χ1) is 12.2. The minimum absolute atomic E-state index is 0. The third-order valence-corrected chi connectivity index (χ3v) is 4.16. The number of aromatic nitrogens is 3. The van der Waals surface area contributed by atoms with Gasteiger partial charge in [0.05, 0.1) is 11.1 Å². The summed E-state index contributed by atoms with van der Waals surface area (Å²) in [4.78, 5) is 4.33. The fourth-order valence-corrected chi connectivity index (χ4v) is 3.01. The molecule has 2 N–H and O–H groups in total. The third kappa shape index (κ3) is 2.73. The molecular formula is C19H16ClN5O. The van der Waals surface area contributed by atoms with Crippen LogP contribution in [0.1, 0.15) is 17.0 Å². The van der Waals surface area contributed by atoms with Gasteiger partial charge in [0.25, 0.3) is 0 Å². The van der Waals surface area contributed by atoms with Crippen LogP contribution in [0.3, 0.4) is 0 Å². The number of benzene rings is 2. The average Bonchev–Trinajstić information content (AvgIpc) is 3.22. The minimum Gasteiger partial charge on any atom is -0.339 e. The molecule has 6 nitrogen and oxygen atoms in total. The highest BCUT2D eigenvalue weighted by molar-refractivity contribution is 5.95. The van der Waals surface area contributed by atoms with E-state index in [1.165, 1.54) is 0 Å². The second-order valence-corrected chi connectivity index (χ2v) is 5.70. The molecule has 2 heterocycles. The molecule has 0 bridgehead atoms. The molecule has 0 radical (unpaired) electrons. The summed E-state index contributed by atoms with van der Waals surface area (Å²) in [5, 5.41) is 14.6. The van der Waals surface area contributed by atoms with E-state index in [1.807, 2.05) is 53.1 Å². The summed E-state index contributed by atoms with van der Waals surface area (Å²) in [7, 11) is 0. The van der Waals surface area contributed by atoms with Gasteiger partial charge in [0.1, 0.15) is 11.8 Å². The van der Waals surface area contributed by atoms with Crippen molar-refractivity contribution in [3.8, 4) is 23.3 Å². The highest BCUT2D eigenvalue weighted by atomic mass is 35.5. The summed E-state index contributed by atoms with van der Waals surface area (Å²) in [6, 6.07) is 18.0. The molecule has 2 aromatic carbocycles. The van der Waals surface area contributed by atoms with E-state index < -0.39 is 0 Å². The van der Waals surface area contributed by atoms with Gasteiger partial charge in [0, 0.05) is 24.5 Å². The Balaban J connectivity index is 0.00000196. The van der Waals surface area contributed by atoms with Gasteiger partial charge in [-0.1, -0.05) is 35.5 Å². The lowest BCUT2D eigenvalue weighted by Gasteiger charge is -2.09. The third-order valence-electron chi connectivity index (χ3n) is 4.16. The number of halogens is 1. The Bertz CT molecular complexity index is 1110. The van der Waals surface area contributed by atoms with Crippen molar-refractivity contribution in [3.05, 3.63) is 65.5 Å². The van der Waals surface area contributed by atoms with Crippen LogP contribution in [-0.4, -0.2) is 14.7 Å². The topological polar surface area (TPSA) is 93.7 Å². The predicted octanol–water partition coefficient (Wildman–Crippen LogP) is 3.74. The van der Waals surface area contributed by atoms with Crippen molar-refractivity contribution in [2.45, 2.75) is 13.5 Å². The van der Waals surface area contributed by atoms with Gasteiger partial charge < -0.3 is 14.8 Å². The van der Waals surface area contributed by atoms with Gasteiger partial charge in [-0.25, -0.2) is 0 Å². The van der Waals surface area contributed by atoms with Crippen molar-refractivity contribution in [2.24, 2.45) is 5.73 Å². The van der Waals surface area contributed by atoms with Crippen LogP contribution < -0.4 is 5.73 Å². The fourth-order valence-electron chi connectivity index (χ4n) is 3.01. The van der Waals surface area contributed by atoms with Gasteiger partial charge in [-0.2, -0.15) is 10.2 Å². The number of hydrogen-bond acceptors (Lipinski definition) is 5. The Morgan fingerprint density at radius 3 is 2.50 bits per heavy atom. The molecule has 7 heteroatoms. The van der Waals surface area contributed by atoms with Crippen molar-refractivity contribution >= 4 is 23.3 Å². The van der Waals surface area contributed by atoms with Gasteiger partial charge in [0.2, 0.25) is 11.7 Å². The average molecular weight is 366 g/mol. The van der Waals surface area contributed by atoms with Crippen LogP contribution >= 0.6 is 12.4 Å². The smallest absolute Gasteiger partial charge is 0.223 e. The normalized spacial score (nSPS) is 10.5. The Hall–Kier alpha value is -3.14. The van der Waals surface area contributed by atoms with Crippen molar-refractivity contribution in [1.29, 1.82) is 5.26 Å². The molecule has 2 aromatic heterocycles. The van der Waals surface area contributed by atoms with Crippen LogP contribution in [0.4, 0.5) is 0 Å². The van der Waals surface area contributed by atoms with Gasteiger partial charge >= 0.3 is 0 Å². The zero-order valence-electron chi connectivity index (χ0n) is 14.0. The van der Waals surface area contributed by atoms with Crippen LogP contribution in [0.15, 0.2) is 53.1 Å². The maximum atomic E-state index is 9.76. The Morgan fingerprint density at radius 2 is 1.88 bits per heavy atom. The summed E-state index contributed by atoms with van der Waals surface area (Å²) in [6.07, 6.45) is 0. The second kappa shape index (κ2) is 7.00. The van der Waals surface area contributed by atoms with Crippen molar-refractivity contribution in [3.63, 3.8) is 0 Å². The molecular weight excluding hydrogens is 350 g/mol. The molecule has 0 fully saturated rings. The SMILES string of the molecule is Cc1nc(-c2c(C#N)c3ccccc3n2-c2ccc(CN)cc2)no1.Cl. The molecule has 4 aromatic rings. The standard InChI is InChI=1S/C19H15N5O.ClH/c1-12-22-19(23-25-12)18-16(11-21)15-4-2-3-5-17(15)24(18)14-8-6-13(10-20)7-9-14;/h2-9H,10,20H2,1H3;1H. The first kappa shape index (κ1) is 17.7. The lowest BCUT2D eigenvalue weighted by atomic mass is 10.1. The molecule has 0 atom stereocenters. The molecule has 4 rings (SSSR count). The van der Waals surface area contributed by atoms with Gasteiger partial charge in [0.15, 0.2) is 0 Å². The number of rotatable bonds is 3. The van der Waals surface area contributed by atoms with E-state index in [2.05, 4.69) is 16.2 Å². The van der Waals surface area contributed by atoms with Gasteiger partial charge in [-0.3, -0.25) is 0 Å². The molecule has 0 aliphatic rings. The molecule has 26 heavy (non-hydrogen) atoms. The molecule has 0 aliphatic heterocycles. The van der Waals surface area contributed by atoms with Crippen molar-refractivity contribution < 1.29 is 4.52 Å². The van der Waals surface area contributed by atoms with Crippen molar-refractivity contribution in [2.75, 3.05) is 0 Å². The van der Waals surface area contributed by atoms with Gasteiger partial charge in [-0.15, -0.1) is 12.4 Å². The Kier molecular flexibility index (Phi) is 4.76. The molecule has 0 spiro atoms. The van der Waals surface area contributed by atoms with Crippen LogP contribution in [0.2, 0.25) is 0 Å². The monoisotopic (exact) mass is 365 g/mol. The fraction of sp³-hybridized carbons (Fsp3) is 0.105. The van der Waals surface area contributed by atoms with E-state index in [0.29, 0.717) is 29.5 Å². The van der Waals surface area contributed by atoms with E-state index in [1.54, 1.807) is 6.92 Å². The summed E-state index contributed by atoms with van der Waals surface area (Å²) in [5.41, 5.74) is 9.71. The Morgan fingerprint density at radius 1 is 1.15 bits per heavy atom. The van der Waals surface area contributed by atoms with Crippen LogP contribution in [0, 0.1) is 18.3 Å². The summed E-state index contributed by atoms with van der Waals surface area (Å²) in [5.74, 6) is 0.849. The second-order valence-electron chi connectivity index (χ2n) is 5.70. The summed E-state index contributed by atoms with van der Waals surface area (Å²) >= 11 is 0. The lowest BCUT2D eigenvalue weighted by molar-refractivity contribution is 0.394. The van der Waals surface area contributed by atoms with E-state index in [0.717, 1.165) is 22.2 Å².